The topological polar surface area (TPSA) is 98.2 Å². The number of aliphatic hydroxyl groups is 1. The molecule has 3 heterocycles. The number of rotatable bonds is 7. The number of Topliss-reactive ketones (excluding diaryl/α,β-unsaturated/α-hetero) is 1. The number of ether oxygens (including phenoxy) is 3. The van der Waals surface area contributed by atoms with Gasteiger partial charge in [0.2, 0.25) is 0 Å². The largest absolute Gasteiger partial charge is 0.507 e. The van der Waals surface area contributed by atoms with Gasteiger partial charge in [-0.3, -0.25) is 14.5 Å². The van der Waals surface area contributed by atoms with E-state index in [4.69, 9.17) is 19.2 Å². The molecule has 6 rings (SSSR count). The number of aromatic nitrogens is 1. The lowest BCUT2D eigenvalue weighted by Gasteiger charge is -2.24. The predicted molar refractivity (Wildman–Crippen MR) is 158 cm³/mol. The van der Waals surface area contributed by atoms with Crippen molar-refractivity contribution in [1.29, 1.82) is 0 Å². The smallest absolute Gasteiger partial charge is 0.301 e. The molecule has 0 radical (unpaired) electrons. The molecule has 1 unspecified atom stereocenters. The molecule has 1 atom stereocenters. The number of anilines is 1. The molecule has 1 fully saturated rings. The summed E-state index contributed by atoms with van der Waals surface area (Å²) in [6.07, 6.45) is 1.89. The Labute approximate surface area is 241 Å². The lowest BCUT2D eigenvalue weighted by atomic mass is 9.95. The number of aliphatic hydroxyl groups excluding tert-OH is 1. The third-order valence-corrected chi connectivity index (χ3v) is 8.23. The van der Waals surface area contributed by atoms with Gasteiger partial charge in [-0.15, -0.1) is 0 Å². The highest BCUT2D eigenvalue weighted by atomic mass is 32.1. The maximum absolute atomic E-state index is 13.7. The Bertz CT molecular complexity index is 1710. The van der Waals surface area contributed by atoms with Gasteiger partial charge in [0.1, 0.15) is 24.7 Å². The number of hydrogen-bond acceptors (Lipinski definition) is 8. The summed E-state index contributed by atoms with van der Waals surface area (Å²) in [5.41, 5.74) is 3.80. The number of carbonyl (C=O) groups is 2. The van der Waals surface area contributed by atoms with Crippen molar-refractivity contribution in [3.63, 3.8) is 0 Å². The van der Waals surface area contributed by atoms with Gasteiger partial charge in [-0.1, -0.05) is 42.9 Å². The van der Waals surface area contributed by atoms with Crippen LogP contribution in [-0.2, 0) is 9.59 Å². The van der Waals surface area contributed by atoms with Crippen LogP contribution in [0.4, 0.5) is 5.13 Å². The molecule has 1 N–H and O–H groups in total. The van der Waals surface area contributed by atoms with E-state index in [1.807, 2.05) is 50.2 Å². The first-order chi connectivity index (χ1) is 19.9. The van der Waals surface area contributed by atoms with Crippen LogP contribution in [0.2, 0.25) is 0 Å². The highest BCUT2D eigenvalue weighted by Crippen LogP contribution is 2.46. The Morgan fingerprint density at radius 3 is 2.68 bits per heavy atom. The fourth-order valence-electron chi connectivity index (χ4n) is 5.26. The number of carbonyl (C=O) groups excluding carboxylic acids is 2. The summed E-state index contributed by atoms with van der Waals surface area (Å²) in [6.45, 7) is 7.43. The quantitative estimate of drug-likeness (QED) is 0.117. The standard InChI is InChI=1S/C32H30N2O6S/c1-4-5-11-38-22-8-6-7-20(16-22)28-26(29(35)21-9-10-23-24(17-21)40-13-12-39-23)30(36)31(37)34(28)32-33-27-19(3)14-18(2)15-25(27)41-32/h6-10,14-17,28,35H,4-5,11-13H2,1-3H3. The fourth-order valence-corrected chi connectivity index (χ4v) is 6.43. The zero-order valence-electron chi connectivity index (χ0n) is 23.1. The van der Waals surface area contributed by atoms with Crippen molar-refractivity contribution in [2.24, 2.45) is 0 Å². The number of aryl methyl sites for hydroxylation is 2. The van der Waals surface area contributed by atoms with Crippen LogP contribution in [0, 0.1) is 13.8 Å². The van der Waals surface area contributed by atoms with Crippen molar-refractivity contribution >= 4 is 44.1 Å². The monoisotopic (exact) mass is 570 g/mol. The number of unbranched alkanes of at least 4 members (excludes halogenated alkanes) is 1. The van der Waals surface area contributed by atoms with Gasteiger partial charge in [0.15, 0.2) is 16.6 Å². The number of thiazole rings is 1. The Balaban J connectivity index is 1.51. The van der Waals surface area contributed by atoms with Crippen LogP contribution in [0.5, 0.6) is 17.2 Å². The fraction of sp³-hybridized carbons (Fsp3) is 0.281. The van der Waals surface area contributed by atoms with Crippen molar-refractivity contribution < 1.29 is 28.9 Å². The van der Waals surface area contributed by atoms with E-state index in [9.17, 15) is 14.7 Å². The molecule has 8 nitrogen and oxygen atoms in total. The summed E-state index contributed by atoms with van der Waals surface area (Å²) in [4.78, 5) is 33.6. The highest BCUT2D eigenvalue weighted by molar-refractivity contribution is 7.22. The van der Waals surface area contributed by atoms with Gasteiger partial charge >= 0.3 is 5.91 Å². The van der Waals surface area contributed by atoms with Gasteiger partial charge < -0.3 is 19.3 Å². The molecular weight excluding hydrogens is 540 g/mol. The lowest BCUT2D eigenvalue weighted by Crippen LogP contribution is -2.29. The summed E-state index contributed by atoms with van der Waals surface area (Å²) in [6, 6.07) is 15.4. The molecule has 1 amide bonds. The Kier molecular flexibility index (Phi) is 7.13. The van der Waals surface area contributed by atoms with Crippen LogP contribution < -0.4 is 19.1 Å². The minimum absolute atomic E-state index is 0.0236. The third-order valence-electron chi connectivity index (χ3n) is 7.23. The molecule has 210 valence electrons. The number of benzene rings is 3. The number of fused-ring (bicyclic) bond motifs is 2. The zero-order chi connectivity index (χ0) is 28.7. The van der Waals surface area contributed by atoms with E-state index < -0.39 is 17.7 Å². The highest BCUT2D eigenvalue weighted by Gasteiger charge is 2.48. The van der Waals surface area contributed by atoms with E-state index in [1.165, 1.54) is 16.2 Å². The molecule has 9 heteroatoms. The molecule has 0 saturated carbocycles. The average Bonchev–Trinajstić information content (AvgIpc) is 3.51. The number of amides is 1. The minimum Gasteiger partial charge on any atom is -0.507 e. The van der Waals surface area contributed by atoms with E-state index in [1.54, 1.807) is 18.2 Å². The predicted octanol–water partition coefficient (Wildman–Crippen LogP) is 6.49. The molecule has 1 aromatic heterocycles. The second-order valence-corrected chi connectivity index (χ2v) is 11.2. The zero-order valence-corrected chi connectivity index (χ0v) is 23.9. The molecule has 0 spiro atoms. The maximum Gasteiger partial charge on any atom is 0.301 e. The van der Waals surface area contributed by atoms with Crippen LogP contribution >= 0.6 is 11.3 Å². The van der Waals surface area contributed by atoms with Gasteiger partial charge in [0.25, 0.3) is 5.78 Å². The second-order valence-electron chi connectivity index (χ2n) is 10.2. The lowest BCUT2D eigenvalue weighted by molar-refractivity contribution is -0.132. The van der Waals surface area contributed by atoms with Crippen LogP contribution in [0.25, 0.3) is 16.0 Å². The third kappa shape index (κ3) is 4.91. The first kappa shape index (κ1) is 26.8. The van der Waals surface area contributed by atoms with E-state index in [2.05, 4.69) is 6.92 Å². The summed E-state index contributed by atoms with van der Waals surface area (Å²) in [5, 5.41) is 12.0. The van der Waals surface area contributed by atoms with Crippen molar-refractivity contribution in [1.82, 2.24) is 4.98 Å². The summed E-state index contributed by atoms with van der Waals surface area (Å²) < 4.78 is 18.2. The molecular formula is C32H30N2O6S. The van der Waals surface area contributed by atoms with Gasteiger partial charge in [0.05, 0.1) is 28.4 Å². The summed E-state index contributed by atoms with van der Waals surface area (Å²) >= 11 is 1.35. The first-order valence-corrected chi connectivity index (χ1v) is 14.5. The second kappa shape index (κ2) is 10.9. The van der Waals surface area contributed by atoms with E-state index >= 15 is 0 Å². The molecule has 2 aliphatic heterocycles. The van der Waals surface area contributed by atoms with E-state index in [0.29, 0.717) is 53.3 Å². The minimum atomic E-state index is -0.917. The van der Waals surface area contributed by atoms with E-state index in [-0.39, 0.29) is 11.3 Å². The average molecular weight is 571 g/mol. The number of hydrogen-bond donors (Lipinski definition) is 1. The molecule has 2 aliphatic rings. The van der Waals surface area contributed by atoms with Gasteiger partial charge in [0, 0.05) is 5.56 Å². The van der Waals surface area contributed by atoms with Crippen LogP contribution in [0.15, 0.2) is 60.2 Å². The maximum atomic E-state index is 13.7. The first-order valence-electron chi connectivity index (χ1n) is 13.7. The van der Waals surface area contributed by atoms with Crippen molar-refractivity contribution in [2.75, 3.05) is 24.7 Å². The van der Waals surface area contributed by atoms with Crippen molar-refractivity contribution in [2.45, 2.75) is 39.7 Å². The van der Waals surface area contributed by atoms with Crippen LogP contribution in [-0.4, -0.2) is 41.6 Å². The van der Waals surface area contributed by atoms with Gasteiger partial charge in [-0.25, -0.2) is 4.98 Å². The summed E-state index contributed by atoms with van der Waals surface area (Å²) in [7, 11) is 0. The molecule has 0 bridgehead atoms. The van der Waals surface area contributed by atoms with Crippen molar-refractivity contribution in [3.05, 3.63) is 82.4 Å². The Morgan fingerprint density at radius 2 is 1.88 bits per heavy atom. The molecule has 4 aromatic rings. The normalized spacial score (nSPS) is 17.8. The van der Waals surface area contributed by atoms with Crippen LogP contribution in [0.3, 0.4) is 0 Å². The molecule has 0 aliphatic carbocycles. The molecule has 1 saturated heterocycles. The number of nitrogens with zero attached hydrogens (tertiary/aromatic N) is 2. The van der Waals surface area contributed by atoms with Crippen LogP contribution in [0.1, 0.15) is 48.1 Å². The van der Waals surface area contributed by atoms with Gasteiger partial charge in [-0.05, 0) is 73.4 Å². The Morgan fingerprint density at radius 1 is 1.07 bits per heavy atom. The SMILES string of the molecule is CCCCOc1cccc(C2C(=C(O)c3ccc4c(c3)OCCO4)C(=O)C(=O)N2c2nc3c(C)cc(C)cc3s2)c1. The summed E-state index contributed by atoms with van der Waals surface area (Å²) in [5.74, 6) is -0.183. The molecule has 3 aromatic carbocycles. The van der Waals surface area contributed by atoms with E-state index in [0.717, 1.165) is 34.2 Å². The Hall–Kier alpha value is -4.37. The van der Waals surface area contributed by atoms with Gasteiger partial charge in [-0.2, -0.15) is 0 Å². The van der Waals surface area contributed by atoms with Crippen molar-refractivity contribution in [3.8, 4) is 17.2 Å². The number of ketones is 1. The molecule has 41 heavy (non-hydrogen) atoms.